The lowest BCUT2D eigenvalue weighted by Crippen LogP contribution is -2.67. The van der Waals surface area contributed by atoms with Crippen LogP contribution in [0, 0.1) is 12.8 Å². The molecule has 0 bridgehead atoms. The Morgan fingerprint density at radius 3 is 2.69 bits per heavy atom. The summed E-state index contributed by atoms with van der Waals surface area (Å²) < 4.78 is 5.39. The summed E-state index contributed by atoms with van der Waals surface area (Å²) in [6.07, 6.45) is -0.450. The molecular formula is C21H31N5O3. The van der Waals surface area contributed by atoms with E-state index in [2.05, 4.69) is 41.1 Å². The van der Waals surface area contributed by atoms with Crippen molar-refractivity contribution in [1.29, 1.82) is 0 Å². The molecule has 3 amide bonds. The van der Waals surface area contributed by atoms with E-state index in [4.69, 9.17) is 4.74 Å². The maximum atomic E-state index is 13.4. The number of carbonyl (C=O) groups is 2. The van der Waals surface area contributed by atoms with Gasteiger partial charge in [-0.25, -0.2) is 4.79 Å². The molecule has 8 nitrogen and oxygen atoms in total. The SMILES string of the molecule is CCOCCN1C(=O)C2C(NC3N(c4ccccc4C)CC(C)CN23)N(C)C1=O. The van der Waals surface area contributed by atoms with Crippen molar-refractivity contribution in [1.82, 2.24) is 20.0 Å². The summed E-state index contributed by atoms with van der Waals surface area (Å²) in [5.41, 5.74) is 2.36. The van der Waals surface area contributed by atoms with Crippen LogP contribution in [0.5, 0.6) is 0 Å². The molecule has 3 aliphatic rings. The number of carbonyl (C=O) groups excluding carboxylic acids is 2. The predicted molar refractivity (Wildman–Crippen MR) is 110 cm³/mol. The number of nitrogens with zero attached hydrogens (tertiary/aromatic N) is 4. The number of likely N-dealkylation sites (N-methyl/N-ethyl adjacent to an activating group) is 1. The molecule has 0 aliphatic carbocycles. The number of benzene rings is 1. The zero-order chi connectivity index (χ0) is 20.7. The zero-order valence-electron chi connectivity index (χ0n) is 17.7. The highest BCUT2D eigenvalue weighted by molar-refractivity contribution is 6.00. The lowest BCUT2D eigenvalue weighted by Gasteiger charge is -2.46. The molecule has 0 radical (unpaired) electrons. The van der Waals surface area contributed by atoms with E-state index in [1.807, 2.05) is 19.1 Å². The van der Waals surface area contributed by atoms with E-state index in [0.717, 1.165) is 18.8 Å². The zero-order valence-corrected chi connectivity index (χ0v) is 17.7. The molecule has 158 valence electrons. The van der Waals surface area contributed by atoms with Gasteiger partial charge in [0.15, 0.2) is 0 Å². The van der Waals surface area contributed by atoms with Crippen molar-refractivity contribution >= 4 is 17.6 Å². The summed E-state index contributed by atoms with van der Waals surface area (Å²) in [7, 11) is 1.77. The number of nitrogens with one attached hydrogen (secondary N) is 1. The standard InChI is InChI=1S/C21H31N5O3/c1-5-29-11-10-24-19(27)17-18(23(4)21(24)28)22-20-25(12-14(2)13-26(17)20)16-9-7-6-8-15(16)3/h6-9,14,17-18,20,22H,5,10-13H2,1-4H3. The molecule has 1 aromatic rings. The largest absolute Gasteiger partial charge is 0.380 e. The van der Waals surface area contributed by atoms with Crippen molar-refractivity contribution in [3.05, 3.63) is 29.8 Å². The third-order valence-corrected chi connectivity index (χ3v) is 6.17. The third-order valence-electron chi connectivity index (χ3n) is 6.17. The van der Waals surface area contributed by atoms with Gasteiger partial charge in [-0.15, -0.1) is 0 Å². The Bertz CT molecular complexity index is 787. The fourth-order valence-electron chi connectivity index (χ4n) is 4.79. The van der Waals surface area contributed by atoms with Crippen molar-refractivity contribution in [2.24, 2.45) is 5.92 Å². The Hall–Kier alpha value is -2.16. The summed E-state index contributed by atoms with van der Waals surface area (Å²) in [6.45, 7) is 9.16. The van der Waals surface area contributed by atoms with E-state index < -0.39 is 6.04 Å². The van der Waals surface area contributed by atoms with Gasteiger partial charge in [-0.05, 0) is 31.4 Å². The van der Waals surface area contributed by atoms with Gasteiger partial charge in [-0.1, -0.05) is 25.1 Å². The molecule has 4 unspecified atom stereocenters. The van der Waals surface area contributed by atoms with Crippen LogP contribution in [0.15, 0.2) is 24.3 Å². The van der Waals surface area contributed by atoms with E-state index >= 15 is 0 Å². The van der Waals surface area contributed by atoms with Crippen LogP contribution in [-0.2, 0) is 9.53 Å². The third kappa shape index (κ3) is 3.39. The maximum Gasteiger partial charge on any atom is 0.327 e. The summed E-state index contributed by atoms with van der Waals surface area (Å²) in [5.74, 6) is 0.269. The Labute approximate surface area is 172 Å². The molecule has 8 heteroatoms. The summed E-state index contributed by atoms with van der Waals surface area (Å²) >= 11 is 0. The number of urea groups is 1. The van der Waals surface area contributed by atoms with Gasteiger partial charge in [0, 0.05) is 32.4 Å². The molecule has 3 fully saturated rings. The molecule has 1 aromatic carbocycles. The number of imide groups is 1. The first-order chi connectivity index (χ1) is 13.9. The van der Waals surface area contributed by atoms with Crippen molar-refractivity contribution in [3.63, 3.8) is 0 Å². The van der Waals surface area contributed by atoms with Crippen LogP contribution in [-0.4, -0.2) is 85.0 Å². The molecule has 3 heterocycles. The maximum absolute atomic E-state index is 13.4. The van der Waals surface area contributed by atoms with Crippen LogP contribution in [0.2, 0.25) is 0 Å². The average Bonchev–Trinajstić information content (AvgIpc) is 3.08. The van der Waals surface area contributed by atoms with Gasteiger partial charge < -0.3 is 14.5 Å². The highest BCUT2D eigenvalue weighted by Gasteiger charge is 2.56. The minimum Gasteiger partial charge on any atom is -0.380 e. The molecule has 3 saturated heterocycles. The second kappa shape index (κ2) is 7.93. The van der Waals surface area contributed by atoms with Crippen molar-refractivity contribution in [2.45, 2.75) is 39.3 Å². The predicted octanol–water partition coefficient (Wildman–Crippen LogP) is 1.27. The molecule has 0 spiro atoms. The number of anilines is 1. The smallest absolute Gasteiger partial charge is 0.327 e. The number of ether oxygens (including phenoxy) is 1. The fraction of sp³-hybridized carbons (Fsp3) is 0.619. The molecule has 4 rings (SSSR count). The lowest BCUT2D eigenvalue weighted by atomic mass is 10.0. The van der Waals surface area contributed by atoms with Crippen LogP contribution in [0.25, 0.3) is 0 Å². The first-order valence-electron chi connectivity index (χ1n) is 10.4. The van der Waals surface area contributed by atoms with E-state index in [9.17, 15) is 9.59 Å². The quantitative estimate of drug-likeness (QED) is 0.750. The van der Waals surface area contributed by atoms with Crippen LogP contribution < -0.4 is 10.2 Å². The molecule has 1 N–H and O–H groups in total. The molecular weight excluding hydrogens is 370 g/mol. The molecule has 4 atom stereocenters. The Balaban J connectivity index is 1.64. The second-order valence-corrected chi connectivity index (χ2v) is 8.25. The first kappa shape index (κ1) is 20.1. The van der Waals surface area contributed by atoms with E-state index in [-0.39, 0.29) is 30.9 Å². The number of para-hydroxylation sites is 1. The van der Waals surface area contributed by atoms with Crippen LogP contribution >= 0.6 is 0 Å². The highest BCUT2D eigenvalue weighted by Crippen LogP contribution is 2.35. The van der Waals surface area contributed by atoms with Crippen LogP contribution in [0.4, 0.5) is 10.5 Å². The normalized spacial score (nSPS) is 30.0. The Morgan fingerprint density at radius 2 is 1.97 bits per heavy atom. The number of amides is 3. The van der Waals surface area contributed by atoms with Gasteiger partial charge in [0.25, 0.3) is 5.91 Å². The molecule has 0 saturated carbocycles. The minimum atomic E-state index is -0.390. The van der Waals surface area contributed by atoms with Crippen LogP contribution in [0.1, 0.15) is 19.4 Å². The monoisotopic (exact) mass is 401 g/mol. The fourth-order valence-corrected chi connectivity index (χ4v) is 4.79. The van der Waals surface area contributed by atoms with Gasteiger partial charge in [-0.3, -0.25) is 19.9 Å². The Morgan fingerprint density at radius 1 is 1.21 bits per heavy atom. The van der Waals surface area contributed by atoms with Crippen molar-refractivity contribution in [3.8, 4) is 0 Å². The summed E-state index contributed by atoms with van der Waals surface area (Å²) in [4.78, 5) is 33.8. The molecule has 3 aliphatic heterocycles. The van der Waals surface area contributed by atoms with E-state index in [0.29, 0.717) is 19.1 Å². The van der Waals surface area contributed by atoms with Gasteiger partial charge >= 0.3 is 6.03 Å². The summed E-state index contributed by atoms with van der Waals surface area (Å²) in [6, 6.07) is 7.66. The van der Waals surface area contributed by atoms with Crippen molar-refractivity contribution in [2.75, 3.05) is 44.8 Å². The molecule has 0 aromatic heterocycles. The summed E-state index contributed by atoms with van der Waals surface area (Å²) in [5, 5.41) is 3.57. The van der Waals surface area contributed by atoms with Gasteiger partial charge in [0.1, 0.15) is 18.5 Å². The highest BCUT2D eigenvalue weighted by atomic mass is 16.5. The second-order valence-electron chi connectivity index (χ2n) is 8.25. The number of hydrogen-bond donors (Lipinski definition) is 1. The minimum absolute atomic E-state index is 0.117. The number of rotatable bonds is 5. The van der Waals surface area contributed by atoms with Gasteiger partial charge in [-0.2, -0.15) is 0 Å². The lowest BCUT2D eigenvalue weighted by molar-refractivity contribution is -0.139. The number of aryl methyl sites for hydroxylation is 1. The topological polar surface area (TPSA) is 68.4 Å². The van der Waals surface area contributed by atoms with Gasteiger partial charge in [0.05, 0.1) is 13.2 Å². The first-order valence-corrected chi connectivity index (χ1v) is 10.4. The number of hydrogen-bond acceptors (Lipinski definition) is 6. The van der Waals surface area contributed by atoms with Crippen molar-refractivity contribution < 1.29 is 14.3 Å². The van der Waals surface area contributed by atoms with Crippen LogP contribution in [0.3, 0.4) is 0 Å². The average molecular weight is 402 g/mol. The van der Waals surface area contributed by atoms with E-state index in [1.165, 1.54) is 10.5 Å². The van der Waals surface area contributed by atoms with Gasteiger partial charge in [0.2, 0.25) is 0 Å². The molecule has 29 heavy (non-hydrogen) atoms. The Kier molecular flexibility index (Phi) is 5.50. The number of fused-ring (bicyclic) bond motifs is 3. The van der Waals surface area contributed by atoms with E-state index in [1.54, 1.807) is 11.9 Å².